The molecule has 1 aromatic carbocycles. The van der Waals surface area contributed by atoms with E-state index in [-0.39, 0.29) is 25.1 Å². The van der Waals surface area contributed by atoms with E-state index in [1.165, 1.54) is 11.8 Å². The van der Waals surface area contributed by atoms with Crippen LogP contribution in [0.25, 0.3) is 0 Å². The van der Waals surface area contributed by atoms with Gasteiger partial charge in [0.2, 0.25) is 11.8 Å². The summed E-state index contributed by atoms with van der Waals surface area (Å²) in [7, 11) is 0. The number of carbonyl (C=O) groups is 3. The number of aliphatic hydroxyl groups excluding tert-OH is 1. The van der Waals surface area contributed by atoms with Crippen LogP contribution >= 0.6 is 0 Å². The van der Waals surface area contributed by atoms with Crippen molar-refractivity contribution in [1.29, 1.82) is 0 Å². The average Bonchev–Trinajstić information content (AvgIpc) is 2.64. The van der Waals surface area contributed by atoms with Gasteiger partial charge in [0.15, 0.2) is 0 Å². The molecule has 3 atom stereocenters. The molecule has 1 rings (SSSR count). The highest BCUT2D eigenvalue weighted by atomic mass is 16.6. The van der Waals surface area contributed by atoms with Crippen LogP contribution in [-0.4, -0.2) is 58.8 Å². The van der Waals surface area contributed by atoms with E-state index in [0.29, 0.717) is 5.56 Å². The minimum Gasteiger partial charge on any atom is -0.444 e. The number of ether oxygens (including phenoxy) is 1. The molecule has 0 radical (unpaired) electrons. The fraction of sp³-hybridized carbons (Fsp3) is 0.640. The van der Waals surface area contributed by atoms with Crippen LogP contribution in [0.3, 0.4) is 0 Å². The normalized spacial score (nSPS) is 14.1. The molecule has 0 spiro atoms. The summed E-state index contributed by atoms with van der Waals surface area (Å²) in [5.41, 5.74) is 1.86. The van der Waals surface area contributed by atoms with E-state index in [2.05, 4.69) is 10.6 Å². The van der Waals surface area contributed by atoms with Crippen LogP contribution in [0.4, 0.5) is 4.79 Å². The number of nitrogens with zero attached hydrogens (tertiary/aromatic N) is 1. The van der Waals surface area contributed by atoms with Gasteiger partial charge in [0.1, 0.15) is 17.7 Å². The van der Waals surface area contributed by atoms with E-state index in [1.807, 2.05) is 45.9 Å². The molecule has 0 fully saturated rings. The third kappa shape index (κ3) is 9.42. The summed E-state index contributed by atoms with van der Waals surface area (Å²) in [6.07, 6.45) is 0.984. The van der Waals surface area contributed by atoms with Gasteiger partial charge < -0.3 is 25.4 Å². The quantitative estimate of drug-likeness (QED) is 0.493. The molecule has 0 aliphatic carbocycles. The molecule has 0 saturated heterocycles. The first kappa shape index (κ1) is 28.4. The second-order valence-corrected chi connectivity index (χ2v) is 9.65. The maximum atomic E-state index is 13.4. The molecule has 1 aromatic rings. The van der Waals surface area contributed by atoms with Crippen LogP contribution in [0.2, 0.25) is 0 Å². The lowest BCUT2D eigenvalue weighted by Crippen LogP contribution is -2.53. The maximum Gasteiger partial charge on any atom is 0.408 e. The maximum absolute atomic E-state index is 13.4. The largest absolute Gasteiger partial charge is 0.444 e. The van der Waals surface area contributed by atoms with Gasteiger partial charge in [0.05, 0.1) is 6.61 Å². The Balaban J connectivity index is 3.32. The number of nitrogens with one attached hydrogen (secondary N) is 2. The van der Waals surface area contributed by atoms with Crippen molar-refractivity contribution in [3.63, 3.8) is 0 Å². The van der Waals surface area contributed by atoms with Gasteiger partial charge in [-0.3, -0.25) is 9.59 Å². The fourth-order valence-corrected chi connectivity index (χ4v) is 3.74. The SMILES string of the molecule is CCCC(C)NC(=O)C(c1cc(C)cc(C)c1)N(CCO)C(=O)C(C)NC(=O)OC(C)(C)C. The minimum atomic E-state index is -0.958. The van der Waals surface area contributed by atoms with E-state index in [9.17, 15) is 19.5 Å². The van der Waals surface area contributed by atoms with Crippen LogP contribution < -0.4 is 10.6 Å². The molecule has 0 saturated carbocycles. The van der Waals surface area contributed by atoms with Gasteiger partial charge in [-0.25, -0.2) is 4.79 Å². The van der Waals surface area contributed by atoms with Crippen molar-refractivity contribution in [2.24, 2.45) is 0 Å². The number of amides is 3. The molecule has 8 nitrogen and oxygen atoms in total. The number of carbonyl (C=O) groups excluding carboxylic acids is 3. The lowest BCUT2D eigenvalue weighted by Gasteiger charge is -2.34. The second-order valence-electron chi connectivity index (χ2n) is 9.65. The Morgan fingerprint density at radius 1 is 1.06 bits per heavy atom. The monoisotopic (exact) mass is 463 g/mol. The Labute approximate surface area is 198 Å². The Morgan fingerprint density at radius 3 is 2.12 bits per heavy atom. The summed E-state index contributed by atoms with van der Waals surface area (Å²) in [6, 6.07) is 3.74. The lowest BCUT2D eigenvalue weighted by molar-refractivity contribution is -0.143. The molecule has 0 bridgehead atoms. The van der Waals surface area contributed by atoms with Crippen molar-refractivity contribution >= 4 is 17.9 Å². The molecule has 33 heavy (non-hydrogen) atoms. The van der Waals surface area contributed by atoms with Crippen molar-refractivity contribution in [3.05, 3.63) is 34.9 Å². The third-order valence-electron chi connectivity index (χ3n) is 4.96. The van der Waals surface area contributed by atoms with Crippen LogP contribution in [0.5, 0.6) is 0 Å². The van der Waals surface area contributed by atoms with Gasteiger partial charge in [0.25, 0.3) is 0 Å². The fourth-order valence-electron chi connectivity index (χ4n) is 3.74. The number of aryl methyl sites for hydroxylation is 2. The van der Waals surface area contributed by atoms with Gasteiger partial charge in [0, 0.05) is 12.6 Å². The van der Waals surface area contributed by atoms with Crippen LogP contribution in [0.1, 0.15) is 77.1 Å². The van der Waals surface area contributed by atoms with Gasteiger partial charge >= 0.3 is 6.09 Å². The number of hydrogen-bond donors (Lipinski definition) is 3. The number of alkyl carbamates (subject to hydrolysis) is 1. The van der Waals surface area contributed by atoms with Crippen LogP contribution in [-0.2, 0) is 14.3 Å². The predicted octanol–water partition coefficient (Wildman–Crippen LogP) is 3.38. The molecular weight excluding hydrogens is 422 g/mol. The lowest BCUT2D eigenvalue weighted by atomic mass is 9.98. The summed E-state index contributed by atoms with van der Waals surface area (Å²) in [4.78, 5) is 40.3. The highest BCUT2D eigenvalue weighted by Gasteiger charge is 2.35. The van der Waals surface area contributed by atoms with Crippen molar-refractivity contribution in [2.75, 3.05) is 13.2 Å². The zero-order valence-electron chi connectivity index (χ0n) is 21.3. The topological polar surface area (TPSA) is 108 Å². The molecule has 3 N–H and O–H groups in total. The van der Waals surface area contributed by atoms with Crippen molar-refractivity contribution < 1.29 is 24.2 Å². The Bertz CT molecular complexity index is 799. The molecule has 3 amide bonds. The van der Waals surface area contributed by atoms with E-state index in [0.717, 1.165) is 24.0 Å². The first-order chi connectivity index (χ1) is 15.3. The van der Waals surface area contributed by atoms with Crippen molar-refractivity contribution in [3.8, 4) is 0 Å². The molecule has 0 aromatic heterocycles. The third-order valence-corrected chi connectivity index (χ3v) is 4.96. The van der Waals surface area contributed by atoms with E-state index >= 15 is 0 Å². The van der Waals surface area contributed by atoms with E-state index in [1.54, 1.807) is 20.8 Å². The number of aliphatic hydroxyl groups is 1. The highest BCUT2D eigenvalue weighted by Crippen LogP contribution is 2.25. The van der Waals surface area contributed by atoms with Gasteiger partial charge in [-0.05, 0) is 60.5 Å². The smallest absolute Gasteiger partial charge is 0.408 e. The number of rotatable bonds is 10. The molecule has 0 aliphatic heterocycles. The standard InChI is InChI=1S/C25H41N3O5/c1-9-10-18(4)26-22(30)21(20-14-16(2)13-17(3)15-20)28(11-12-29)23(31)19(5)27-24(32)33-25(6,7)8/h13-15,18-19,21,29H,9-12H2,1-8H3,(H,26,30)(H,27,32). The van der Waals surface area contributed by atoms with Crippen LogP contribution in [0.15, 0.2) is 18.2 Å². The van der Waals surface area contributed by atoms with Gasteiger partial charge in [-0.2, -0.15) is 0 Å². The number of benzene rings is 1. The first-order valence-corrected chi connectivity index (χ1v) is 11.6. The number of hydrogen-bond acceptors (Lipinski definition) is 5. The summed E-state index contributed by atoms with van der Waals surface area (Å²) >= 11 is 0. The zero-order valence-corrected chi connectivity index (χ0v) is 21.3. The summed E-state index contributed by atoms with van der Waals surface area (Å²) in [6.45, 7) is 14.1. The van der Waals surface area contributed by atoms with Gasteiger partial charge in [-0.15, -0.1) is 0 Å². The summed E-state index contributed by atoms with van der Waals surface area (Å²) < 4.78 is 5.25. The second kappa shape index (κ2) is 12.6. The summed E-state index contributed by atoms with van der Waals surface area (Å²) in [5, 5.41) is 15.3. The highest BCUT2D eigenvalue weighted by molar-refractivity contribution is 5.92. The molecule has 0 aliphatic rings. The van der Waals surface area contributed by atoms with Crippen LogP contribution in [0, 0.1) is 13.8 Å². The van der Waals surface area contributed by atoms with E-state index in [4.69, 9.17) is 4.74 Å². The molecule has 8 heteroatoms. The van der Waals surface area contributed by atoms with Gasteiger partial charge in [-0.1, -0.05) is 42.7 Å². The molecular formula is C25H41N3O5. The summed E-state index contributed by atoms with van der Waals surface area (Å²) in [5.74, 6) is -0.815. The minimum absolute atomic E-state index is 0.0631. The Kier molecular flexibility index (Phi) is 10.8. The Hall–Kier alpha value is -2.61. The molecule has 186 valence electrons. The average molecular weight is 464 g/mol. The van der Waals surface area contributed by atoms with Crippen molar-refractivity contribution in [2.45, 2.75) is 92.0 Å². The predicted molar refractivity (Wildman–Crippen MR) is 129 cm³/mol. The van der Waals surface area contributed by atoms with E-state index < -0.39 is 29.7 Å². The molecule has 0 heterocycles. The first-order valence-electron chi connectivity index (χ1n) is 11.6. The zero-order chi connectivity index (χ0) is 25.3. The molecule has 3 unspecified atom stereocenters. The Morgan fingerprint density at radius 2 is 1.64 bits per heavy atom. The van der Waals surface area contributed by atoms with Crippen molar-refractivity contribution in [1.82, 2.24) is 15.5 Å².